The monoisotopic (exact) mass is 307 g/mol. The summed E-state index contributed by atoms with van der Waals surface area (Å²) in [6.07, 6.45) is 0.991. The van der Waals surface area contributed by atoms with Crippen molar-refractivity contribution in [1.29, 1.82) is 0 Å². The van der Waals surface area contributed by atoms with Gasteiger partial charge in [0.25, 0.3) is 5.91 Å². The predicted octanol–water partition coefficient (Wildman–Crippen LogP) is 1.46. The molecule has 0 aromatic heterocycles. The van der Waals surface area contributed by atoms with Crippen molar-refractivity contribution in [3.05, 3.63) is 28.8 Å². The number of Topliss-reactive ketones (excluding diaryl/α,β-unsaturated/α-hetero) is 1. The van der Waals surface area contributed by atoms with E-state index in [1.165, 1.54) is 0 Å². The molecule has 5 rings (SSSR count). The summed E-state index contributed by atoms with van der Waals surface area (Å²) in [5.41, 5.74) is -0.426. The molecule has 0 spiro atoms. The summed E-state index contributed by atoms with van der Waals surface area (Å²) < 4.78 is 5.62. The molecule has 3 saturated carbocycles. The van der Waals surface area contributed by atoms with E-state index in [0.29, 0.717) is 35.6 Å². The van der Waals surface area contributed by atoms with Crippen LogP contribution in [0.4, 0.5) is 0 Å². The van der Waals surface area contributed by atoms with Gasteiger partial charge in [0, 0.05) is 10.6 Å². The molecule has 1 aliphatic heterocycles. The van der Waals surface area contributed by atoms with Crippen LogP contribution >= 0.6 is 11.6 Å². The Morgan fingerprint density at radius 3 is 2.76 bits per heavy atom. The fourth-order valence-electron chi connectivity index (χ4n) is 3.65. The molecule has 0 saturated heterocycles. The third kappa shape index (κ3) is 1.95. The molecule has 5 nitrogen and oxygen atoms in total. The zero-order chi connectivity index (χ0) is 14.8. The highest BCUT2D eigenvalue weighted by atomic mass is 35.5. The molecule has 3 aliphatic carbocycles. The molecule has 0 radical (unpaired) electrons. The van der Waals surface area contributed by atoms with Crippen molar-refractivity contribution in [2.24, 2.45) is 0 Å². The molecular formula is C15H14ClNO4. The number of carbonyl (C=O) groups excluding carboxylic acids is 2. The van der Waals surface area contributed by atoms with Gasteiger partial charge in [-0.25, -0.2) is 0 Å². The maximum atomic E-state index is 12.3. The van der Waals surface area contributed by atoms with Crippen LogP contribution in [0.2, 0.25) is 5.02 Å². The van der Waals surface area contributed by atoms with Crippen LogP contribution in [0.5, 0.6) is 5.75 Å². The number of halogens is 1. The van der Waals surface area contributed by atoms with E-state index in [9.17, 15) is 14.7 Å². The van der Waals surface area contributed by atoms with Crippen molar-refractivity contribution in [1.82, 2.24) is 5.32 Å². The molecule has 4 aliphatic rings. The summed E-state index contributed by atoms with van der Waals surface area (Å²) in [7, 11) is 0. The summed E-state index contributed by atoms with van der Waals surface area (Å²) in [5, 5.41) is 13.1. The minimum Gasteiger partial charge on any atom is -0.479 e. The number of carbonyl (C=O) groups is 2. The molecule has 2 bridgehead atoms. The first-order valence-corrected chi connectivity index (χ1v) is 7.30. The van der Waals surface area contributed by atoms with Gasteiger partial charge in [-0.1, -0.05) is 11.6 Å². The lowest BCUT2D eigenvalue weighted by Gasteiger charge is -2.67. The van der Waals surface area contributed by atoms with Gasteiger partial charge in [0.05, 0.1) is 17.6 Å². The standard InChI is InChI=1S/C15H14ClNO4/c16-8-1-2-11-9(3-8)10(18)4-12(21-11)13(19)17-14-5-15(20,6-14)7-14/h1-3,12,20H,4-7H2,(H,17,19)/t12-,14?,15?/m1/s1. The molecule has 1 atom stereocenters. The van der Waals surface area contributed by atoms with Gasteiger partial charge in [-0.2, -0.15) is 0 Å². The summed E-state index contributed by atoms with van der Waals surface area (Å²) in [5.74, 6) is -0.0344. The number of nitrogens with one attached hydrogen (secondary N) is 1. The second-order valence-corrected chi connectivity index (χ2v) is 6.83. The van der Waals surface area contributed by atoms with Crippen molar-refractivity contribution in [3.63, 3.8) is 0 Å². The lowest BCUT2D eigenvalue weighted by Crippen LogP contribution is -2.79. The van der Waals surface area contributed by atoms with Crippen LogP contribution in [0.3, 0.4) is 0 Å². The van der Waals surface area contributed by atoms with E-state index < -0.39 is 11.7 Å². The highest BCUT2D eigenvalue weighted by Gasteiger charge is 2.68. The minimum absolute atomic E-state index is 0.0134. The number of hydrogen-bond acceptors (Lipinski definition) is 4. The Hall–Kier alpha value is -1.59. The Morgan fingerprint density at radius 2 is 2.10 bits per heavy atom. The van der Waals surface area contributed by atoms with Gasteiger partial charge in [-0.05, 0) is 37.5 Å². The third-order valence-electron chi connectivity index (χ3n) is 4.57. The van der Waals surface area contributed by atoms with Crippen LogP contribution in [0.25, 0.3) is 0 Å². The molecule has 3 fully saturated rings. The molecule has 1 aromatic carbocycles. The predicted molar refractivity (Wildman–Crippen MR) is 74.5 cm³/mol. The Bertz CT molecular complexity index is 652. The van der Waals surface area contributed by atoms with E-state index in [1.807, 2.05) is 0 Å². The van der Waals surface area contributed by atoms with Crippen molar-refractivity contribution < 1.29 is 19.4 Å². The first-order valence-electron chi connectivity index (χ1n) is 6.92. The van der Waals surface area contributed by atoms with Gasteiger partial charge in [-0.3, -0.25) is 9.59 Å². The number of ketones is 1. The maximum Gasteiger partial charge on any atom is 0.261 e. The normalized spacial score (nSPS) is 35.9. The van der Waals surface area contributed by atoms with Gasteiger partial charge >= 0.3 is 0 Å². The van der Waals surface area contributed by atoms with E-state index in [4.69, 9.17) is 16.3 Å². The van der Waals surface area contributed by atoms with Crippen molar-refractivity contribution in [2.75, 3.05) is 0 Å². The van der Waals surface area contributed by atoms with Crippen LogP contribution in [-0.4, -0.2) is 34.0 Å². The Labute approximate surface area is 126 Å². The molecule has 2 N–H and O–H groups in total. The zero-order valence-corrected chi connectivity index (χ0v) is 11.9. The average molecular weight is 308 g/mol. The smallest absolute Gasteiger partial charge is 0.261 e. The number of ether oxygens (including phenoxy) is 1. The summed E-state index contributed by atoms with van der Waals surface area (Å²) in [6.45, 7) is 0. The van der Waals surface area contributed by atoms with Crippen molar-refractivity contribution in [2.45, 2.75) is 42.9 Å². The molecule has 21 heavy (non-hydrogen) atoms. The van der Waals surface area contributed by atoms with Crippen LogP contribution < -0.4 is 10.1 Å². The van der Waals surface area contributed by atoms with Crippen molar-refractivity contribution >= 4 is 23.3 Å². The molecule has 1 heterocycles. The quantitative estimate of drug-likeness (QED) is 0.867. The number of hydrogen-bond donors (Lipinski definition) is 2. The maximum absolute atomic E-state index is 12.3. The van der Waals surface area contributed by atoms with Gasteiger partial charge in [0.2, 0.25) is 0 Å². The highest BCUT2D eigenvalue weighted by molar-refractivity contribution is 6.31. The van der Waals surface area contributed by atoms with Crippen LogP contribution in [0.15, 0.2) is 18.2 Å². The molecular weight excluding hydrogens is 294 g/mol. The van der Waals surface area contributed by atoms with Crippen molar-refractivity contribution in [3.8, 4) is 5.75 Å². The van der Waals surface area contributed by atoms with E-state index in [1.54, 1.807) is 18.2 Å². The second kappa shape index (κ2) is 3.99. The summed E-state index contributed by atoms with van der Waals surface area (Å²) >= 11 is 5.86. The number of rotatable bonds is 2. The van der Waals surface area contributed by atoms with E-state index in [-0.39, 0.29) is 23.7 Å². The number of aliphatic hydroxyl groups is 1. The van der Waals surface area contributed by atoms with Gasteiger partial charge in [-0.15, -0.1) is 0 Å². The number of fused-ring (bicyclic) bond motifs is 1. The topological polar surface area (TPSA) is 75.6 Å². The van der Waals surface area contributed by atoms with Gasteiger partial charge in [0.15, 0.2) is 11.9 Å². The van der Waals surface area contributed by atoms with Gasteiger partial charge in [0.1, 0.15) is 5.75 Å². The third-order valence-corrected chi connectivity index (χ3v) is 4.80. The van der Waals surface area contributed by atoms with Crippen LogP contribution in [-0.2, 0) is 4.79 Å². The second-order valence-electron chi connectivity index (χ2n) is 6.40. The summed E-state index contributed by atoms with van der Waals surface area (Å²) in [4.78, 5) is 24.4. The van der Waals surface area contributed by atoms with E-state index in [0.717, 1.165) is 0 Å². The first-order chi connectivity index (χ1) is 9.88. The lowest BCUT2D eigenvalue weighted by atomic mass is 9.46. The molecule has 6 heteroatoms. The molecule has 1 aromatic rings. The number of benzene rings is 1. The average Bonchev–Trinajstić information content (AvgIpc) is 2.36. The minimum atomic E-state index is -0.810. The zero-order valence-electron chi connectivity index (χ0n) is 11.2. The fraction of sp³-hybridized carbons (Fsp3) is 0.467. The summed E-state index contributed by atoms with van der Waals surface area (Å²) in [6, 6.07) is 4.80. The van der Waals surface area contributed by atoms with E-state index in [2.05, 4.69) is 5.32 Å². The largest absolute Gasteiger partial charge is 0.479 e. The SMILES string of the molecule is O=C1C[C@H](C(=O)NC23CC(O)(C2)C3)Oc2ccc(Cl)cc21. The van der Waals surface area contributed by atoms with Crippen LogP contribution in [0.1, 0.15) is 36.0 Å². The highest BCUT2D eigenvalue weighted by Crippen LogP contribution is 2.60. The first kappa shape index (κ1) is 13.1. The van der Waals surface area contributed by atoms with E-state index >= 15 is 0 Å². The van der Waals surface area contributed by atoms with Crippen LogP contribution in [0, 0.1) is 0 Å². The Kier molecular flexibility index (Phi) is 2.49. The number of amides is 1. The lowest BCUT2D eigenvalue weighted by molar-refractivity contribution is -0.221. The Balaban J connectivity index is 1.49. The van der Waals surface area contributed by atoms with Gasteiger partial charge < -0.3 is 15.2 Å². The molecule has 1 amide bonds. The Morgan fingerprint density at radius 1 is 1.38 bits per heavy atom. The molecule has 0 unspecified atom stereocenters. The molecule has 110 valence electrons. The fourth-order valence-corrected chi connectivity index (χ4v) is 3.82.